The number of nitrogens with one attached hydrogen (secondary N) is 2. The third-order valence-corrected chi connectivity index (χ3v) is 6.29. The quantitative estimate of drug-likeness (QED) is 0.748. The molecule has 1 aromatic carbocycles. The standard InChI is InChI=1S/C20H21F2N3O3S/c21-18(22)20(27)23-13-3-1-2-4-15(13)28-17-6-5-16(29-17)19(26)24-14-11-25-9-7-12(14)8-10-25/h1-6,12,14,18H,7-11H2,(H,23,27)(H,24,26)/t14-/m0/s1. The number of hydrogen-bond acceptors (Lipinski definition) is 5. The SMILES string of the molecule is O=C(N[C@H]1CN2CCC1CC2)c1ccc(Oc2ccccc2NC(=O)C(F)F)s1. The molecular formula is C20H21F2N3O3S. The highest BCUT2D eigenvalue weighted by atomic mass is 32.1. The number of anilines is 1. The van der Waals surface area contributed by atoms with Crippen molar-refractivity contribution in [2.75, 3.05) is 25.0 Å². The van der Waals surface area contributed by atoms with Crippen LogP contribution in [0, 0.1) is 5.92 Å². The Kier molecular flexibility index (Phi) is 5.77. The van der Waals surface area contributed by atoms with E-state index in [1.807, 2.05) is 0 Å². The molecule has 0 aliphatic carbocycles. The van der Waals surface area contributed by atoms with Crippen LogP contribution in [-0.4, -0.2) is 48.8 Å². The van der Waals surface area contributed by atoms with Crippen molar-refractivity contribution in [3.63, 3.8) is 0 Å². The number of alkyl halides is 2. The number of hydrogen-bond donors (Lipinski definition) is 2. The van der Waals surface area contributed by atoms with Crippen molar-refractivity contribution >= 4 is 28.8 Å². The van der Waals surface area contributed by atoms with Crippen LogP contribution in [0.15, 0.2) is 36.4 Å². The van der Waals surface area contributed by atoms with Crippen molar-refractivity contribution in [1.82, 2.24) is 10.2 Å². The van der Waals surface area contributed by atoms with Crippen LogP contribution >= 0.6 is 11.3 Å². The highest BCUT2D eigenvalue weighted by Crippen LogP contribution is 2.34. The number of fused-ring (bicyclic) bond motifs is 3. The third kappa shape index (κ3) is 4.56. The number of amides is 2. The zero-order chi connectivity index (χ0) is 20.4. The molecule has 3 saturated heterocycles. The Morgan fingerprint density at radius 3 is 2.59 bits per heavy atom. The molecule has 3 fully saturated rings. The minimum Gasteiger partial charge on any atom is -0.444 e. The molecule has 2 N–H and O–H groups in total. The van der Waals surface area contributed by atoms with Gasteiger partial charge in [-0.05, 0) is 56.1 Å². The molecule has 1 atom stereocenters. The molecule has 154 valence electrons. The minimum atomic E-state index is -3.12. The van der Waals surface area contributed by atoms with Gasteiger partial charge in [-0.25, -0.2) is 0 Å². The lowest BCUT2D eigenvalue weighted by atomic mass is 9.84. The van der Waals surface area contributed by atoms with Gasteiger partial charge in [-0.1, -0.05) is 23.5 Å². The summed E-state index contributed by atoms with van der Waals surface area (Å²) in [5.41, 5.74) is 0.143. The summed E-state index contributed by atoms with van der Waals surface area (Å²) in [6, 6.07) is 9.82. The van der Waals surface area contributed by atoms with Crippen LogP contribution in [0.1, 0.15) is 22.5 Å². The van der Waals surface area contributed by atoms with E-state index >= 15 is 0 Å². The Hall–Kier alpha value is -2.52. The Morgan fingerprint density at radius 2 is 1.90 bits per heavy atom. The molecule has 0 unspecified atom stereocenters. The monoisotopic (exact) mass is 421 g/mol. The molecule has 3 aliphatic rings. The number of nitrogens with zero attached hydrogens (tertiary/aromatic N) is 1. The van der Waals surface area contributed by atoms with Gasteiger partial charge in [0.1, 0.15) is 0 Å². The van der Waals surface area contributed by atoms with Gasteiger partial charge in [0.25, 0.3) is 11.8 Å². The second-order valence-electron chi connectivity index (χ2n) is 7.22. The van der Waals surface area contributed by atoms with Gasteiger partial charge in [-0.15, -0.1) is 0 Å². The molecule has 3 aliphatic heterocycles. The van der Waals surface area contributed by atoms with E-state index in [0.717, 1.165) is 32.5 Å². The Labute approximate surface area is 170 Å². The Bertz CT molecular complexity index is 897. The van der Waals surface area contributed by atoms with Crippen LogP contribution < -0.4 is 15.4 Å². The number of thiophene rings is 1. The van der Waals surface area contributed by atoms with Crippen molar-refractivity contribution in [1.29, 1.82) is 0 Å². The molecule has 0 saturated carbocycles. The molecule has 9 heteroatoms. The van der Waals surface area contributed by atoms with Gasteiger partial charge in [0.2, 0.25) is 0 Å². The summed E-state index contributed by atoms with van der Waals surface area (Å²) in [4.78, 5) is 26.8. The van der Waals surface area contributed by atoms with Crippen LogP contribution in [0.2, 0.25) is 0 Å². The van der Waals surface area contributed by atoms with E-state index in [4.69, 9.17) is 4.74 Å². The number of ether oxygens (including phenoxy) is 1. The number of rotatable bonds is 6. The lowest BCUT2D eigenvalue weighted by molar-refractivity contribution is -0.126. The summed E-state index contributed by atoms with van der Waals surface area (Å²) in [5.74, 6) is -0.773. The molecule has 4 heterocycles. The molecule has 2 amide bonds. The van der Waals surface area contributed by atoms with Crippen molar-refractivity contribution in [3.8, 4) is 10.8 Å². The fourth-order valence-corrected chi connectivity index (χ4v) is 4.59. The van der Waals surface area contributed by atoms with Gasteiger partial charge in [-0.2, -0.15) is 8.78 Å². The summed E-state index contributed by atoms with van der Waals surface area (Å²) in [5, 5.41) is 5.70. The summed E-state index contributed by atoms with van der Waals surface area (Å²) < 4.78 is 30.8. The topological polar surface area (TPSA) is 70.7 Å². The van der Waals surface area contributed by atoms with Crippen molar-refractivity contribution in [2.45, 2.75) is 25.3 Å². The first-order chi connectivity index (χ1) is 14.0. The largest absolute Gasteiger partial charge is 0.444 e. The Morgan fingerprint density at radius 1 is 1.14 bits per heavy atom. The zero-order valence-corrected chi connectivity index (χ0v) is 16.4. The highest BCUT2D eigenvalue weighted by Gasteiger charge is 2.35. The molecule has 5 rings (SSSR count). The summed E-state index contributed by atoms with van der Waals surface area (Å²) in [6.07, 6.45) is -0.887. The second-order valence-corrected chi connectivity index (χ2v) is 8.27. The molecule has 2 aromatic rings. The van der Waals surface area contributed by atoms with E-state index in [0.29, 0.717) is 15.9 Å². The lowest BCUT2D eigenvalue weighted by Crippen LogP contribution is -2.57. The molecule has 2 bridgehead atoms. The van der Waals surface area contributed by atoms with E-state index < -0.39 is 12.3 Å². The molecule has 0 radical (unpaired) electrons. The maximum Gasteiger partial charge on any atom is 0.315 e. The molecule has 0 spiro atoms. The Balaban J connectivity index is 1.41. The van der Waals surface area contributed by atoms with E-state index in [1.54, 1.807) is 30.3 Å². The lowest BCUT2D eigenvalue weighted by Gasteiger charge is -2.44. The summed E-state index contributed by atoms with van der Waals surface area (Å²) in [6.45, 7) is 3.10. The van der Waals surface area contributed by atoms with Crippen molar-refractivity contribution in [2.24, 2.45) is 5.92 Å². The maximum atomic E-state index is 12.6. The fraction of sp³-hybridized carbons (Fsp3) is 0.400. The normalized spacial score (nSPS) is 23.1. The van der Waals surface area contributed by atoms with Crippen molar-refractivity contribution in [3.05, 3.63) is 41.3 Å². The third-order valence-electron chi connectivity index (χ3n) is 5.33. The summed E-state index contributed by atoms with van der Waals surface area (Å²) in [7, 11) is 0. The predicted molar refractivity (Wildman–Crippen MR) is 106 cm³/mol. The van der Waals surface area contributed by atoms with Crippen molar-refractivity contribution < 1.29 is 23.1 Å². The molecular weight excluding hydrogens is 400 g/mol. The van der Waals surface area contributed by atoms with E-state index in [-0.39, 0.29) is 23.4 Å². The maximum absolute atomic E-state index is 12.6. The average molecular weight is 421 g/mol. The van der Waals surface area contributed by atoms with Crippen LogP contribution in [0.4, 0.5) is 14.5 Å². The number of carbonyl (C=O) groups is 2. The smallest absolute Gasteiger partial charge is 0.315 e. The van der Waals surface area contributed by atoms with Crippen LogP contribution in [0.3, 0.4) is 0 Å². The summed E-state index contributed by atoms with van der Waals surface area (Å²) >= 11 is 1.17. The first-order valence-corrected chi connectivity index (χ1v) is 10.3. The van der Waals surface area contributed by atoms with E-state index in [1.165, 1.54) is 17.4 Å². The van der Waals surface area contributed by atoms with Gasteiger partial charge in [0, 0.05) is 12.6 Å². The number of carbonyl (C=O) groups excluding carboxylic acids is 2. The minimum absolute atomic E-state index is 0.136. The zero-order valence-electron chi connectivity index (χ0n) is 15.6. The van der Waals surface area contributed by atoms with Gasteiger partial charge >= 0.3 is 6.43 Å². The highest BCUT2D eigenvalue weighted by molar-refractivity contribution is 7.15. The molecule has 1 aromatic heterocycles. The van der Waals surface area contributed by atoms with Crippen LogP contribution in [-0.2, 0) is 4.79 Å². The van der Waals surface area contributed by atoms with E-state index in [9.17, 15) is 18.4 Å². The fourth-order valence-electron chi connectivity index (χ4n) is 3.82. The van der Waals surface area contributed by atoms with Gasteiger partial charge < -0.3 is 20.3 Å². The van der Waals surface area contributed by atoms with E-state index in [2.05, 4.69) is 15.5 Å². The predicted octanol–water partition coefficient (Wildman–Crippen LogP) is 3.57. The number of benzene rings is 1. The molecule has 6 nitrogen and oxygen atoms in total. The van der Waals surface area contributed by atoms with Crippen LogP contribution in [0.25, 0.3) is 0 Å². The van der Waals surface area contributed by atoms with Gasteiger partial charge in [-0.3, -0.25) is 9.59 Å². The average Bonchev–Trinajstić information content (AvgIpc) is 3.19. The van der Waals surface area contributed by atoms with Crippen LogP contribution in [0.5, 0.6) is 10.8 Å². The molecule has 29 heavy (non-hydrogen) atoms. The number of piperidine rings is 3. The van der Waals surface area contributed by atoms with Gasteiger partial charge in [0.05, 0.1) is 10.6 Å². The van der Waals surface area contributed by atoms with Gasteiger partial charge in [0.15, 0.2) is 10.8 Å². The number of halogens is 2. The first kappa shape index (κ1) is 19.8. The first-order valence-electron chi connectivity index (χ1n) is 9.48. The second kappa shape index (κ2) is 8.46. The number of para-hydroxylation sites is 2.